The van der Waals surface area contributed by atoms with Gasteiger partial charge in [-0.25, -0.2) is 0 Å². The van der Waals surface area contributed by atoms with Gasteiger partial charge < -0.3 is 15.7 Å². The lowest BCUT2D eigenvalue weighted by molar-refractivity contribution is -0.121. The number of rotatable bonds is 5. The van der Waals surface area contributed by atoms with Gasteiger partial charge in [0.1, 0.15) is 0 Å². The second-order valence-corrected chi connectivity index (χ2v) is 6.37. The van der Waals surface area contributed by atoms with Crippen LogP contribution in [-0.4, -0.2) is 48.3 Å². The van der Waals surface area contributed by atoms with Gasteiger partial charge in [-0.2, -0.15) is 11.8 Å². The standard InChI is InChI=1S/C13H24N2O2S.ClH/c1-18-8-12(17)15-13(10-6-11(16)7-10)9-2-4-14-5-3-9;/h9-11,13-14,16H,2-8H2,1H3,(H,15,17);1H. The summed E-state index contributed by atoms with van der Waals surface area (Å²) in [7, 11) is 0. The van der Waals surface area contributed by atoms with Crippen LogP contribution in [0.3, 0.4) is 0 Å². The zero-order chi connectivity index (χ0) is 13.0. The van der Waals surface area contributed by atoms with Crippen LogP contribution in [0.4, 0.5) is 0 Å². The number of nitrogens with one attached hydrogen (secondary N) is 2. The van der Waals surface area contributed by atoms with Gasteiger partial charge in [0.2, 0.25) is 5.91 Å². The zero-order valence-corrected chi connectivity index (χ0v) is 13.1. The largest absolute Gasteiger partial charge is 0.393 e. The van der Waals surface area contributed by atoms with E-state index in [4.69, 9.17) is 0 Å². The lowest BCUT2D eigenvalue weighted by Gasteiger charge is -2.43. The molecule has 2 fully saturated rings. The number of carbonyl (C=O) groups excluding carboxylic acids is 1. The summed E-state index contributed by atoms with van der Waals surface area (Å²) in [6.07, 6.45) is 5.79. The summed E-state index contributed by atoms with van der Waals surface area (Å²) in [5.74, 6) is 1.74. The molecule has 1 aliphatic heterocycles. The van der Waals surface area contributed by atoms with Gasteiger partial charge in [0.15, 0.2) is 0 Å². The highest BCUT2D eigenvalue weighted by Crippen LogP contribution is 2.35. The molecule has 6 heteroatoms. The minimum absolute atomic E-state index is 0. The summed E-state index contributed by atoms with van der Waals surface area (Å²) in [4.78, 5) is 11.8. The van der Waals surface area contributed by atoms with Crippen molar-refractivity contribution in [1.29, 1.82) is 0 Å². The molecule has 0 aromatic rings. The molecule has 1 unspecified atom stereocenters. The summed E-state index contributed by atoms with van der Waals surface area (Å²) < 4.78 is 0. The Balaban J connectivity index is 0.00000180. The van der Waals surface area contributed by atoms with E-state index in [9.17, 15) is 9.90 Å². The predicted molar refractivity (Wildman–Crippen MR) is 81.9 cm³/mol. The zero-order valence-electron chi connectivity index (χ0n) is 11.4. The molecule has 0 aromatic heterocycles. The molecule has 2 aliphatic rings. The van der Waals surface area contributed by atoms with Crippen molar-refractivity contribution < 1.29 is 9.90 Å². The Morgan fingerprint density at radius 1 is 1.37 bits per heavy atom. The molecular weight excluding hydrogens is 284 g/mol. The van der Waals surface area contributed by atoms with Crippen molar-refractivity contribution in [2.75, 3.05) is 25.1 Å². The molecule has 1 atom stereocenters. The first kappa shape index (κ1) is 17.1. The second-order valence-electron chi connectivity index (χ2n) is 5.50. The first-order valence-electron chi connectivity index (χ1n) is 6.87. The molecule has 1 heterocycles. The molecular formula is C13H25ClN2O2S. The van der Waals surface area contributed by atoms with Crippen LogP contribution in [0.15, 0.2) is 0 Å². The van der Waals surface area contributed by atoms with Crippen LogP contribution in [0.2, 0.25) is 0 Å². The smallest absolute Gasteiger partial charge is 0.230 e. The highest BCUT2D eigenvalue weighted by atomic mass is 35.5. The number of piperidine rings is 1. The van der Waals surface area contributed by atoms with E-state index in [1.807, 2.05) is 6.26 Å². The maximum absolute atomic E-state index is 11.8. The molecule has 1 saturated carbocycles. The van der Waals surface area contributed by atoms with Crippen molar-refractivity contribution in [2.45, 2.75) is 37.8 Å². The summed E-state index contributed by atoms with van der Waals surface area (Å²) in [6.45, 7) is 2.10. The number of aliphatic hydroxyl groups excluding tert-OH is 1. The fraction of sp³-hybridized carbons (Fsp3) is 0.923. The van der Waals surface area contributed by atoms with E-state index in [0.717, 1.165) is 38.8 Å². The van der Waals surface area contributed by atoms with Gasteiger partial charge in [0.25, 0.3) is 0 Å². The molecule has 1 saturated heterocycles. The van der Waals surface area contributed by atoms with Gasteiger partial charge in [-0.1, -0.05) is 0 Å². The molecule has 1 aliphatic carbocycles. The monoisotopic (exact) mass is 308 g/mol. The van der Waals surface area contributed by atoms with Crippen LogP contribution in [0.25, 0.3) is 0 Å². The van der Waals surface area contributed by atoms with Crippen molar-refractivity contribution in [3.8, 4) is 0 Å². The quantitative estimate of drug-likeness (QED) is 0.710. The molecule has 1 amide bonds. The SMILES string of the molecule is CSCC(=O)NC(C1CCNCC1)C1CC(O)C1.Cl. The van der Waals surface area contributed by atoms with Gasteiger partial charge in [-0.05, 0) is 56.9 Å². The van der Waals surface area contributed by atoms with E-state index in [-0.39, 0.29) is 30.5 Å². The topological polar surface area (TPSA) is 61.4 Å². The Hall–Kier alpha value is 0.0300. The van der Waals surface area contributed by atoms with Gasteiger partial charge in [-0.3, -0.25) is 4.79 Å². The lowest BCUT2D eigenvalue weighted by atomic mass is 9.71. The van der Waals surface area contributed by atoms with Crippen molar-refractivity contribution in [2.24, 2.45) is 11.8 Å². The maximum Gasteiger partial charge on any atom is 0.230 e. The lowest BCUT2D eigenvalue weighted by Crippen LogP contribution is -2.53. The van der Waals surface area contributed by atoms with Crippen LogP contribution in [0, 0.1) is 11.8 Å². The second kappa shape index (κ2) is 8.35. The first-order valence-corrected chi connectivity index (χ1v) is 8.27. The van der Waals surface area contributed by atoms with Crippen molar-refractivity contribution >= 4 is 30.1 Å². The number of carbonyl (C=O) groups is 1. The predicted octanol–water partition coefficient (Wildman–Crippen LogP) is 1.03. The average molecular weight is 309 g/mol. The van der Waals surface area contributed by atoms with E-state index < -0.39 is 0 Å². The van der Waals surface area contributed by atoms with Gasteiger partial charge in [-0.15, -0.1) is 12.4 Å². The van der Waals surface area contributed by atoms with Crippen LogP contribution in [0.5, 0.6) is 0 Å². The fourth-order valence-electron chi connectivity index (χ4n) is 3.11. The van der Waals surface area contributed by atoms with Crippen LogP contribution >= 0.6 is 24.2 Å². The number of hydrogen-bond acceptors (Lipinski definition) is 4. The number of halogens is 1. The third kappa shape index (κ3) is 4.81. The van der Waals surface area contributed by atoms with Crippen molar-refractivity contribution in [3.63, 3.8) is 0 Å². The van der Waals surface area contributed by atoms with E-state index in [1.54, 1.807) is 11.8 Å². The molecule has 0 aromatic carbocycles. The van der Waals surface area contributed by atoms with E-state index in [2.05, 4.69) is 10.6 Å². The summed E-state index contributed by atoms with van der Waals surface area (Å²) >= 11 is 1.56. The van der Waals surface area contributed by atoms with Crippen molar-refractivity contribution in [3.05, 3.63) is 0 Å². The fourth-order valence-corrected chi connectivity index (χ4v) is 3.45. The minimum Gasteiger partial charge on any atom is -0.393 e. The molecule has 19 heavy (non-hydrogen) atoms. The molecule has 0 radical (unpaired) electrons. The highest BCUT2D eigenvalue weighted by Gasteiger charge is 2.38. The summed E-state index contributed by atoms with van der Waals surface area (Å²) in [6, 6.07) is 0.273. The van der Waals surface area contributed by atoms with Crippen LogP contribution < -0.4 is 10.6 Å². The number of amides is 1. The van der Waals surface area contributed by atoms with E-state index in [0.29, 0.717) is 17.6 Å². The van der Waals surface area contributed by atoms with E-state index in [1.165, 1.54) is 0 Å². The van der Waals surface area contributed by atoms with Crippen LogP contribution in [0.1, 0.15) is 25.7 Å². The molecule has 112 valence electrons. The Labute approximate surface area is 125 Å². The summed E-state index contributed by atoms with van der Waals surface area (Å²) in [5, 5.41) is 16.1. The van der Waals surface area contributed by atoms with Crippen LogP contribution in [-0.2, 0) is 4.79 Å². The van der Waals surface area contributed by atoms with Crippen molar-refractivity contribution in [1.82, 2.24) is 10.6 Å². The van der Waals surface area contributed by atoms with E-state index >= 15 is 0 Å². The Morgan fingerprint density at radius 2 is 2.00 bits per heavy atom. The van der Waals surface area contributed by atoms with Gasteiger partial charge in [0, 0.05) is 6.04 Å². The highest BCUT2D eigenvalue weighted by molar-refractivity contribution is 7.99. The third-order valence-corrected chi connectivity index (χ3v) is 4.70. The number of thioether (sulfide) groups is 1. The molecule has 0 bridgehead atoms. The Morgan fingerprint density at radius 3 is 2.53 bits per heavy atom. The van der Waals surface area contributed by atoms with Gasteiger partial charge in [0.05, 0.1) is 11.9 Å². The molecule has 4 nitrogen and oxygen atoms in total. The molecule has 0 spiro atoms. The minimum atomic E-state index is -0.142. The Bertz CT molecular complexity index is 282. The molecule has 3 N–H and O–H groups in total. The normalized spacial score (nSPS) is 28.9. The maximum atomic E-state index is 11.8. The average Bonchev–Trinajstić information content (AvgIpc) is 2.34. The van der Waals surface area contributed by atoms with Gasteiger partial charge >= 0.3 is 0 Å². The Kier molecular flexibility index (Phi) is 7.50. The first-order chi connectivity index (χ1) is 8.70. The summed E-state index contributed by atoms with van der Waals surface area (Å²) in [5.41, 5.74) is 0. The number of hydrogen-bond donors (Lipinski definition) is 3. The molecule has 2 rings (SSSR count). The third-order valence-electron chi connectivity index (χ3n) is 4.15. The number of aliphatic hydroxyl groups is 1.